The van der Waals surface area contributed by atoms with Crippen LogP contribution >= 0.6 is 0 Å². The zero-order chi connectivity index (χ0) is 12.1. The second-order valence-corrected chi connectivity index (χ2v) is 3.57. The van der Waals surface area contributed by atoms with Gasteiger partial charge in [-0.15, -0.1) is 0 Å². The van der Waals surface area contributed by atoms with E-state index in [-0.39, 0.29) is 5.91 Å². The molecule has 0 bridgehead atoms. The standard InChI is InChI=1S/C12H15N3O/c1-3-11(14)12(16)15(2)10-6-4-5-9(7-10)8-13/h4-7,11H,3,14H2,1-2H3. The fourth-order valence-corrected chi connectivity index (χ4v) is 1.33. The number of likely N-dealkylation sites (N-methyl/N-ethyl adjacent to an activating group) is 1. The molecule has 0 aliphatic carbocycles. The van der Waals surface area contributed by atoms with Gasteiger partial charge in [-0.3, -0.25) is 4.79 Å². The summed E-state index contributed by atoms with van der Waals surface area (Å²) in [5.41, 5.74) is 6.89. The molecule has 1 atom stereocenters. The predicted octanol–water partition coefficient (Wildman–Crippen LogP) is 1.26. The quantitative estimate of drug-likeness (QED) is 0.828. The predicted molar refractivity (Wildman–Crippen MR) is 62.8 cm³/mol. The Labute approximate surface area is 95.3 Å². The van der Waals surface area contributed by atoms with Gasteiger partial charge in [0.2, 0.25) is 5.91 Å². The van der Waals surface area contributed by atoms with Crippen LogP contribution in [0.3, 0.4) is 0 Å². The highest BCUT2D eigenvalue weighted by Gasteiger charge is 2.17. The minimum absolute atomic E-state index is 0.141. The van der Waals surface area contributed by atoms with Crippen molar-refractivity contribution in [3.05, 3.63) is 29.8 Å². The summed E-state index contributed by atoms with van der Waals surface area (Å²) in [7, 11) is 1.66. The molecule has 0 saturated carbocycles. The van der Waals surface area contributed by atoms with Crippen LogP contribution in [0, 0.1) is 11.3 Å². The summed E-state index contributed by atoms with van der Waals surface area (Å²) in [4.78, 5) is 13.3. The minimum Gasteiger partial charge on any atom is -0.320 e. The lowest BCUT2D eigenvalue weighted by Crippen LogP contribution is -2.41. The van der Waals surface area contributed by atoms with E-state index in [9.17, 15) is 4.79 Å². The van der Waals surface area contributed by atoms with E-state index in [0.29, 0.717) is 17.7 Å². The zero-order valence-electron chi connectivity index (χ0n) is 9.47. The van der Waals surface area contributed by atoms with Crippen molar-refractivity contribution in [3.8, 4) is 6.07 Å². The number of anilines is 1. The van der Waals surface area contributed by atoms with Crippen molar-refractivity contribution in [1.29, 1.82) is 5.26 Å². The van der Waals surface area contributed by atoms with E-state index in [1.807, 2.05) is 13.0 Å². The number of nitriles is 1. The number of rotatable bonds is 3. The molecule has 0 radical (unpaired) electrons. The number of hydrogen-bond acceptors (Lipinski definition) is 3. The molecule has 0 spiro atoms. The molecule has 16 heavy (non-hydrogen) atoms. The normalized spacial score (nSPS) is 11.6. The van der Waals surface area contributed by atoms with Crippen molar-refractivity contribution in [2.45, 2.75) is 19.4 Å². The minimum atomic E-state index is -0.490. The van der Waals surface area contributed by atoms with E-state index in [4.69, 9.17) is 11.0 Å². The van der Waals surface area contributed by atoms with Crippen molar-refractivity contribution in [2.24, 2.45) is 5.73 Å². The Morgan fingerprint density at radius 2 is 2.31 bits per heavy atom. The lowest BCUT2D eigenvalue weighted by Gasteiger charge is -2.20. The average molecular weight is 217 g/mol. The summed E-state index contributed by atoms with van der Waals surface area (Å²) in [5.74, 6) is -0.141. The van der Waals surface area contributed by atoms with Crippen LogP contribution in [0.2, 0.25) is 0 Å². The highest BCUT2D eigenvalue weighted by molar-refractivity contribution is 5.96. The highest BCUT2D eigenvalue weighted by Crippen LogP contribution is 2.15. The lowest BCUT2D eigenvalue weighted by atomic mass is 10.1. The van der Waals surface area contributed by atoms with Crippen LogP contribution < -0.4 is 10.6 Å². The van der Waals surface area contributed by atoms with Gasteiger partial charge in [0.25, 0.3) is 0 Å². The molecule has 84 valence electrons. The third-order valence-corrected chi connectivity index (χ3v) is 2.45. The van der Waals surface area contributed by atoms with E-state index in [1.165, 1.54) is 4.90 Å². The van der Waals surface area contributed by atoms with Crippen LogP contribution in [0.4, 0.5) is 5.69 Å². The molecule has 0 aliphatic heterocycles. The summed E-state index contributed by atoms with van der Waals surface area (Å²) < 4.78 is 0. The topological polar surface area (TPSA) is 70.1 Å². The first-order valence-corrected chi connectivity index (χ1v) is 5.13. The molecule has 0 aliphatic rings. The number of carbonyl (C=O) groups excluding carboxylic acids is 1. The molecule has 0 aromatic heterocycles. The summed E-state index contributed by atoms with van der Waals surface area (Å²) >= 11 is 0. The van der Waals surface area contributed by atoms with Gasteiger partial charge in [-0.2, -0.15) is 5.26 Å². The average Bonchev–Trinajstić information content (AvgIpc) is 2.36. The Kier molecular flexibility index (Phi) is 4.03. The number of benzene rings is 1. The molecule has 1 unspecified atom stereocenters. The fourth-order valence-electron chi connectivity index (χ4n) is 1.33. The summed E-state index contributed by atoms with van der Waals surface area (Å²) in [6.07, 6.45) is 0.598. The molecule has 1 rings (SSSR count). The van der Waals surface area contributed by atoms with Gasteiger partial charge in [-0.1, -0.05) is 13.0 Å². The number of nitrogens with two attached hydrogens (primary N) is 1. The molecule has 4 nitrogen and oxygen atoms in total. The maximum absolute atomic E-state index is 11.8. The van der Waals surface area contributed by atoms with Crippen LogP contribution in [0.1, 0.15) is 18.9 Å². The van der Waals surface area contributed by atoms with E-state index in [1.54, 1.807) is 31.3 Å². The van der Waals surface area contributed by atoms with Gasteiger partial charge in [0.1, 0.15) is 0 Å². The molecule has 1 aromatic carbocycles. The van der Waals surface area contributed by atoms with Crippen molar-refractivity contribution >= 4 is 11.6 Å². The van der Waals surface area contributed by atoms with Gasteiger partial charge in [0.05, 0.1) is 17.7 Å². The third-order valence-electron chi connectivity index (χ3n) is 2.45. The van der Waals surface area contributed by atoms with Crippen LogP contribution in [0.5, 0.6) is 0 Å². The smallest absolute Gasteiger partial charge is 0.243 e. The number of hydrogen-bond donors (Lipinski definition) is 1. The van der Waals surface area contributed by atoms with Crippen molar-refractivity contribution in [1.82, 2.24) is 0 Å². The summed E-state index contributed by atoms with van der Waals surface area (Å²) in [5, 5.41) is 8.76. The van der Waals surface area contributed by atoms with E-state index >= 15 is 0 Å². The highest BCUT2D eigenvalue weighted by atomic mass is 16.2. The van der Waals surface area contributed by atoms with Crippen LogP contribution in [-0.2, 0) is 4.79 Å². The van der Waals surface area contributed by atoms with E-state index in [0.717, 1.165) is 0 Å². The molecule has 0 heterocycles. The molecule has 1 amide bonds. The van der Waals surface area contributed by atoms with Gasteiger partial charge in [-0.05, 0) is 24.6 Å². The fraction of sp³-hybridized carbons (Fsp3) is 0.333. The Balaban J connectivity index is 2.92. The molecule has 1 aromatic rings. The SMILES string of the molecule is CCC(N)C(=O)N(C)c1cccc(C#N)c1. The largest absolute Gasteiger partial charge is 0.320 e. The Morgan fingerprint density at radius 1 is 1.62 bits per heavy atom. The first-order chi connectivity index (χ1) is 7.60. The zero-order valence-corrected chi connectivity index (χ0v) is 9.47. The maximum atomic E-state index is 11.8. The maximum Gasteiger partial charge on any atom is 0.243 e. The Hall–Kier alpha value is -1.86. The third kappa shape index (κ3) is 2.59. The van der Waals surface area contributed by atoms with Crippen molar-refractivity contribution < 1.29 is 4.79 Å². The number of carbonyl (C=O) groups is 1. The Morgan fingerprint density at radius 3 is 2.88 bits per heavy atom. The summed E-state index contributed by atoms with van der Waals surface area (Å²) in [6.45, 7) is 1.86. The molecular weight excluding hydrogens is 202 g/mol. The molecule has 2 N–H and O–H groups in total. The van der Waals surface area contributed by atoms with E-state index < -0.39 is 6.04 Å². The number of amides is 1. The van der Waals surface area contributed by atoms with Crippen LogP contribution in [0.15, 0.2) is 24.3 Å². The van der Waals surface area contributed by atoms with Gasteiger partial charge in [0.15, 0.2) is 0 Å². The van der Waals surface area contributed by atoms with Gasteiger partial charge < -0.3 is 10.6 Å². The Bertz CT molecular complexity index is 423. The number of nitrogens with zero attached hydrogens (tertiary/aromatic N) is 2. The van der Waals surface area contributed by atoms with Crippen molar-refractivity contribution in [3.63, 3.8) is 0 Å². The van der Waals surface area contributed by atoms with Crippen LogP contribution in [0.25, 0.3) is 0 Å². The monoisotopic (exact) mass is 217 g/mol. The molecule has 4 heteroatoms. The molecule has 0 fully saturated rings. The second-order valence-electron chi connectivity index (χ2n) is 3.57. The molecule has 0 saturated heterocycles. The first-order valence-electron chi connectivity index (χ1n) is 5.13. The van der Waals surface area contributed by atoms with E-state index in [2.05, 4.69) is 0 Å². The van der Waals surface area contributed by atoms with Crippen LogP contribution in [-0.4, -0.2) is 19.0 Å². The second kappa shape index (κ2) is 5.29. The first kappa shape index (κ1) is 12.2. The van der Waals surface area contributed by atoms with Gasteiger partial charge in [-0.25, -0.2) is 0 Å². The van der Waals surface area contributed by atoms with Gasteiger partial charge >= 0.3 is 0 Å². The van der Waals surface area contributed by atoms with Gasteiger partial charge in [0, 0.05) is 12.7 Å². The van der Waals surface area contributed by atoms with Crippen molar-refractivity contribution in [2.75, 3.05) is 11.9 Å². The summed E-state index contributed by atoms with van der Waals surface area (Å²) in [6, 6.07) is 8.43. The molecular formula is C12H15N3O. The lowest BCUT2D eigenvalue weighted by molar-refractivity contribution is -0.119.